The summed E-state index contributed by atoms with van der Waals surface area (Å²) in [7, 11) is 1.81. The molecule has 0 fully saturated rings. The zero-order chi connectivity index (χ0) is 13.3. The van der Waals surface area contributed by atoms with Crippen LogP contribution in [0.2, 0.25) is 10.0 Å². The van der Waals surface area contributed by atoms with E-state index in [0.29, 0.717) is 22.0 Å². The van der Waals surface area contributed by atoms with Gasteiger partial charge in [-0.3, -0.25) is 4.68 Å². The smallest absolute Gasteiger partial charge is 0.0860 e. The van der Waals surface area contributed by atoms with Crippen LogP contribution in [0.3, 0.4) is 0 Å². The second kappa shape index (κ2) is 5.31. The summed E-state index contributed by atoms with van der Waals surface area (Å²) in [5, 5.41) is 15.6. The largest absolute Gasteiger partial charge is 0.388 e. The summed E-state index contributed by atoms with van der Waals surface area (Å²) in [4.78, 5) is 0. The summed E-state index contributed by atoms with van der Waals surface area (Å²) in [5.74, 6) is 0. The molecule has 0 radical (unpaired) electrons. The van der Waals surface area contributed by atoms with Crippen LogP contribution in [0.15, 0.2) is 24.3 Å². The predicted octanol–water partition coefficient (Wildman–Crippen LogP) is 3.31. The van der Waals surface area contributed by atoms with Crippen molar-refractivity contribution in [3.05, 3.63) is 51.3 Å². The van der Waals surface area contributed by atoms with Crippen LogP contribution in [0, 0.1) is 6.92 Å². The fourth-order valence-electron chi connectivity index (χ4n) is 1.94. The first-order valence-electron chi connectivity index (χ1n) is 5.61. The first-order chi connectivity index (χ1) is 8.50. The van der Waals surface area contributed by atoms with Crippen molar-refractivity contribution in [2.24, 2.45) is 7.05 Å². The first kappa shape index (κ1) is 13.4. The lowest BCUT2D eigenvalue weighted by Gasteiger charge is -2.13. The van der Waals surface area contributed by atoms with E-state index in [0.717, 1.165) is 11.4 Å². The lowest BCUT2D eigenvalue weighted by molar-refractivity contribution is 0.176. The van der Waals surface area contributed by atoms with Crippen LogP contribution in [-0.2, 0) is 13.5 Å². The maximum absolute atomic E-state index is 10.2. The summed E-state index contributed by atoms with van der Waals surface area (Å²) in [6, 6.07) is 7.25. The topological polar surface area (TPSA) is 38.0 Å². The van der Waals surface area contributed by atoms with Crippen molar-refractivity contribution in [3.63, 3.8) is 0 Å². The minimum absolute atomic E-state index is 0.389. The van der Waals surface area contributed by atoms with Gasteiger partial charge in [-0.1, -0.05) is 41.4 Å². The van der Waals surface area contributed by atoms with Gasteiger partial charge in [-0.15, -0.1) is 0 Å². The molecule has 96 valence electrons. The minimum atomic E-state index is -0.689. The van der Waals surface area contributed by atoms with Crippen LogP contribution in [0.5, 0.6) is 0 Å². The highest BCUT2D eigenvalue weighted by atomic mass is 35.5. The molecule has 1 aromatic heterocycles. The Morgan fingerprint density at radius 2 is 2.00 bits per heavy atom. The SMILES string of the molecule is Cc1nn(C)c(CC(O)c2ccccc2Cl)c1Cl. The standard InChI is InChI=1S/C13H14Cl2N2O/c1-8-13(15)11(17(2)16-8)7-12(18)9-5-3-4-6-10(9)14/h3-6,12,18H,7H2,1-2H3. The number of aliphatic hydroxyl groups is 1. The number of benzene rings is 1. The van der Waals surface area contributed by atoms with Gasteiger partial charge >= 0.3 is 0 Å². The Morgan fingerprint density at radius 1 is 1.33 bits per heavy atom. The van der Waals surface area contributed by atoms with E-state index in [4.69, 9.17) is 23.2 Å². The molecule has 2 rings (SSSR count). The number of aromatic nitrogens is 2. The highest BCUT2D eigenvalue weighted by Gasteiger charge is 2.18. The second-order valence-electron chi connectivity index (χ2n) is 4.21. The minimum Gasteiger partial charge on any atom is -0.388 e. The fourth-order valence-corrected chi connectivity index (χ4v) is 2.44. The monoisotopic (exact) mass is 284 g/mol. The summed E-state index contributed by atoms with van der Waals surface area (Å²) >= 11 is 12.2. The molecule has 1 aromatic carbocycles. The summed E-state index contributed by atoms with van der Waals surface area (Å²) in [5.41, 5.74) is 2.27. The second-order valence-corrected chi connectivity index (χ2v) is 5.00. The zero-order valence-electron chi connectivity index (χ0n) is 10.2. The molecule has 1 heterocycles. The Morgan fingerprint density at radius 3 is 2.56 bits per heavy atom. The maximum Gasteiger partial charge on any atom is 0.0860 e. The molecule has 0 aliphatic rings. The molecule has 1 atom stereocenters. The third-order valence-corrected chi connectivity index (χ3v) is 3.75. The third-order valence-electron chi connectivity index (χ3n) is 2.91. The zero-order valence-corrected chi connectivity index (χ0v) is 11.7. The Balaban J connectivity index is 2.27. The Hall–Kier alpha value is -1.03. The van der Waals surface area contributed by atoms with Gasteiger partial charge in [0.05, 0.1) is 22.5 Å². The van der Waals surface area contributed by atoms with Gasteiger partial charge in [0.15, 0.2) is 0 Å². The van der Waals surface area contributed by atoms with Gasteiger partial charge in [0.1, 0.15) is 0 Å². The van der Waals surface area contributed by atoms with Gasteiger partial charge in [-0.2, -0.15) is 5.10 Å². The van der Waals surface area contributed by atoms with Crippen LogP contribution < -0.4 is 0 Å². The van der Waals surface area contributed by atoms with Crippen molar-refractivity contribution in [1.29, 1.82) is 0 Å². The summed E-state index contributed by atoms with van der Waals surface area (Å²) in [6.07, 6.45) is -0.300. The molecule has 0 saturated heterocycles. The Kier molecular flexibility index (Phi) is 3.95. The van der Waals surface area contributed by atoms with Crippen LogP contribution >= 0.6 is 23.2 Å². The summed E-state index contributed by atoms with van der Waals surface area (Å²) < 4.78 is 1.69. The van der Waals surface area contributed by atoms with Crippen molar-refractivity contribution in [2.45, 2.75) is 19.4 Å². The molecular formula is C13H14Cl2N2O. The Bertz CT molecular complexity index is 566. The van der Waals surface area contributed by atoms with Crippen molar-refractivity contribution in [1.82, 2.24) is 9.78 Å². The predicted molar refractivity (Wildman–Crippen MR) is 73.1 cm³/mol. The van der Waals surface area contributed by atoms with Crippen LogP contribution in [0.25, 0.3) is 0 Å². The van der Waals surface area contributed by atoms with E-state index in [1.807, 2.05) is 32.2 Å². The van der Waals surface area contributed by atoms with E-state index in [2.05, 4.69) is 5.10 Å². The van der Waals surface area contributed by atoms with E-state index in [9.17, 15) is 5.11 Å². The number of aliphatic hydroxyl groups excluding tert-OH is 1. The molecule has 1 unspecified atom stereocenters. The Labute approximate surface area is 116 Å². The molecule has 0 aliphatic carbocycles. The third kappa shape index (κ3) is 2.53. The molecule has 0 amide bonds. The van der Waals surface area contributed by atoms with Crippen molar-refractivity contribution in [2.75, 3.05) is 0 Å². The molecule has 0 bridgehead atoms. The molecule has 18 heavy (non-hydrogen) atoms. The van der Waals surface area contributed by atoms with Crippen molar-refractivity contribution in [3.8, 4) is 0 Å². The number of nitrogens with zero attached hydrogens (tertiary/aromatic N) is 2. The van der Waals surface area contributed by atoms with E-state index in [1.165, 1.54) is 0 Å². The van der Waals surface area contributed by atoms with Crippen molar-refractivity contribution >= 4 is 23.2 Å². The quantitative estimate of drug-likeness (QED) is 0.939. The van der Waals surface area contributed by atoms with Gasteiger partial charge in [0.25, 0.3) is 0 Å². The molecule has 2 aromatic rings. The summed E-state index contributed by atoms with van der Waals surface area (Å²) in [6.45, 7) is 1.84. The number of hydrogen-bond acceptors (Lipinski definition) is 2. The van der Waals surface area contributed by atoms with E-state index in [1.54, 1.807) is 10.7 Å². The molecule has 5 heteroatoms. The van der Waals surface area contributed by atoms with Crippen LogP contribution in [0.4, 0.5) is 0 Å². The van der Waals surface area contributed by atoms with E-state index < -0.39 is 6.10 Å². The molecule has 0 aliphatic heterocycles. The maximum atomic E-state index is 10.2. The highest BCUT2D eigenvalue weighted by Crippen LogP contribution is 2.28. The van der Waals surface area contributed by atoms with Gasteiger partial charge in [0, 0.05) is 18.5 Å². The fraction of sp³-hybridized carbons (Fsp3) is 0.308. The number of rotatable bonds is 3. The van der Waals surface area contributed by atoms with Gasteiger partial charge in [-0.25, -0.2) is 0 Å². The van der Waals surface area contributed by atoms with Gasteiger partial charge < -0.3 is 5.11 Å². The van der Waals surface area contributed by atoms with Crippen LogP contribution in [-0.4, -0.2) is 14.9 Å². The lowest BCUT2D eigenvalue weighted by Crippen LogP contribution is -2.07. The number of hydrogen-bond donors (Lipinski definition) is 1. The number of aryl methyl sites for hydroxylation is 2. The first-order valence-corrected chi connectivity index (χ1v) is 6.36. The normalized spacial score (nSPS) is 12.7. The highest BCUT2D eigenvalue weighted by molar-refractivity contribution is 6.32. The number of halogens is 2. The molecule has 0 spiro atoms. The molecular weight excluding hydrogens is 271 g/mol. The van der Waals surface area contributed by atoms with Gasteiger partial charge in [0.2, 0.25) is 0 Å². The molecule has 3 nitrogen and oxygen atoms in total. The molecule has 1 N–H and O–H groups in total. The van der Waals surface area contributed by atoms with Crippen LogP contribution in [0.1, 0.15) is 23.1 Å². The average Bonchev–Trinajstić information content (AvgIpc) is 2.56. The average molecular weight is 285 g/mol. The lowest BCUT2D eigenvalue weighted by atomic mass is 10.0. The van der Waals surface area contributed by atoms with Crippen molar-refractivity contribution < 1.29 is 5.11 Å². The molecule has 0 saturated carbocycles. The van der Waals surface area contributed by atoms with E-state index >= 15 is 0 Å². The van der Waals surface area contributed by atoms with Gasteiger partial charge in [-0.05, 0) is 18.6 Å². The van der Waals surface area contributed by atoms with E-state index in [-0.39, 0.29) is 0 Å².